The van der Waals surface area contributed by atoms with E-state index < -0.39 is 5.57 Å². The average molecular weight is 207 g/mol. The monoisotopic (exact) mass is 207 g/mol. The van der Waals surface area contributed by atoms with E-state index >= 15 is 0 Å². The van der Waals surface area contributed by atoms with Crippen LogP contribution in [0.25, 0.3) is 0 Å². The zero-order valence-electron chi connectivity index (χ0n) is 9.72. The molecule has 82 valence electrons. The van der Waals surface area contributed by atoms with Crippen LogP contribution < -0.4 is 0 Å². The molecule has 3 aliphatic rings. The zero-order chi connectivity index (χ0) is 10.9. The molecular weight excluding hydrogens is 188 g/mol. The molecule has 0 N–H and O–H groups in total. The highest BCUT2D eigenvalue weighted by Gasteiger charge is 2.72. The van der Waals surface area contributed by atoms with Gasteiger partial charge in [-0.1, -0.05) is 13.8 Å². The Morgan fingerprint density at radius 2 is 2.00 bits per heavy atom. The van der Waals surface area contributed by atoms with Crippen LogP contribution in [0.5, 0.6) is 0 Å². The molecule has 2 heterocycles. The predicted octanol–water partition coefficient (Wildman–Crippen LogP) is 2.11. The largest absolute Gasteiger partial charge is 0.297 e. The molecular formula is C12H19BFN. The number of hydrogen-bond acceptors (Lipinski definition) is 1. The summed E-state index contributed by atoms with van der Waals surface area (Å²) in [4.78, 5) is 2.52. The van der Waals surface area contributed by atoms with Crippen LogP contribution in [0, 0.1) is 11.3 Å². The first-order valence-electron chi connectivity index (χ1n) is 6.15. The molecule has 1 aliphatic carbocycles. The van der Waals surface area contributed by atoms with Crippen LogP contribution in [0.2, 0.25) is 0 Å². The van der Waals surface area contributed by atoms with E-state index in [2.05, 4.69) is 18.7 Å². The van der Waals surface area contributed by atoms with Crippen LogP contribution in [0.4, 0.5) is 4.39 Å². The van der Waals surface area contributed by atoms with E-state index in [1.54, 1.807) is 0 Å². The lowest BCUT2D eigenvalue weighted by Gasteiger charge is -2.36. The summed E-state index contributed by atoms with van der Waals surface area (Å²) in [6.45, 7) is 6.60. The summed E-state index contributed by atoms with van der Waals surface area (Å²) >= 11 is 0. The van der Waals surface area contributed by atoms with Crippen molar-refractivity contribution in [1.29, 1.82) is 0 Å². The average Bonchev–Trinajstić information content (AvgIpc) is 2.46. The Balaban J connectivity index is 1.90. The van der Waals surface area contributed by atoms with Crippen LogP contribution in [0.3, 0.4) is 0 Å². The molecule has 0 aromatic heterocycles. The lowest BCUT2D eigenvalue weighted by Crippen LogP contribution is -2.42. The smallest absolute Gasteiger partial charge is 0.122 e. The van der Waals surface area contributed by atoms with Gasteiger partial charge in [-0.25, -0.2) is 0 Å². The maximum absolute atomic E-state index is 13.9. The van der Waals surface area contributed by atoms with Crippen LogP contribution in [0.15, 0.2) is 0 Å². The summed E-state index contributed by atoms with van der Waals surface area (Å²) < 4.78 is 13.9. The van der Waals surface area contributed by atoms with E-state index in [4.69, 9.17) is 7.85 Å². The van der Waals surface area contributed by atoms with Crippen molar-refractivity contribution in [2.45, 2.75) is 50.6 Å². The topological polar surface area (TPSA) is 3.24 Å². The number of halogens is 1. The van der Waals surface area contributed by atoms with Gasteiger partial charge in [0, 0.05) is 17.5 Å². The quantitative estimate of drug-likeness (QED) is 0.595. The number of fused-ring (bicyclic) bond motifs is 1. The van der Waals surface area contributed by atoms with Crippen molar-refractivity contribution in [3.63, 3.8) is 0 Å². The number of alkyl halides is 1. The molecule has 2 saturated heterocycles. The highest BCUT2D eigenvalue weighted by molar-refractivity contribution is 6.17. The van der Waals surface area contributed by atoms with E-state index in [0.29, 0.717) is 12.3 Å². The fourth-order valence-electron chi connectivity index (χ4n) is 4.10. The van der Waals surface area contributed by atoms with Crippen molar-refractivity contribution in [3.05, 3.63) is 0 Å². The molecule has 0 aromatic carbocycles. The van der Waals surface area contributed by atoms with Crippen LogP contribution >= 0.6 is 0 Å². The molecule has 3 fully saturated rings. The van der Waals surface area contributed by atoms with Crippen molar-refractivity contribution >= 4 is 7.85 Å². The molecule has 3 unspecified atom stereocenters. The van der Waals surface area contributed by atoms with Gasteiger partial charge in [-0.15, -0.1) is 0 Å². The maximum Gasteiger partial charge on any atom is 0.122 e. The molecule has 3 rings (SSSR count). The SMILES string of the molecule is [B]C1(F)CC12CN1CCCC1(C(C)C)C2. The number of rotatable bonds is 1. The molecule has 2 radical (unpaired) electrons. The van der Waals surface area contributed by atoms with E-state index in [-0.39, 0.29) is 11.0 Å². The molecule has 1 nitrogen and oxygen atoms in total. The van der Waals surface area contributed by atoms with Crippen molar-refractivity contribution in [3.8, 4) is 0 Å². The summed E-state index contributed by atoms with van der Waals surface area (Å²) in [5.41, 5.74) is -1.27. The summed E-state index contributed by atoms with van der Waals surface area (Å²) in [5.74, 6) is 0.621. The first-order valence-corrected chi connectivity index (χ1v) is 6.15. The lowest BCUT2D eigenvalue weighted by atomic mass is 9.77. The van der Waals surface area contributed by atoms with Gasteiger partial charge in [0.15, 0.2) is 0 Å². The van der Waals surface area contributed by atoms with E-state index in [0.717, 1.165) is 19.5 Å². The summed E-state index contributed by atoms with van der Waals surface area (Å²) in [6.07, 6.45) is 4.09. The second-order valence-corrected chi connectivity index (χ2v) is 6.28. The second-order valence-electron chi connectivity index (χ2n) is 6.28. The minimum atomic E-state index is -1.36. The van der Waals surface area contributed by atoms with Gasteiger partial charge in [-0.2, -0.15) is 0 Å². The fraction of sp³-hybridized carbons (Fsp3) is 1.00. The van der Waals surface area contributed by atoms with Gasteiger partial charge in [0.2, 0.25) is 0 Å². The standard InChI is InChI=1S/C12H19BFN/c1-9(2)11-4-3-5-15(11)8-10(6-11)7-12(10,13)14/h9H,3-8H2,1-2H3. The van der Waals surface area contributed by atoms with E-state index in [1.165, 1.54) is 12.8 Å². The van der Waals surface area contributed by atoms with Gasteiger partial charge in [-0.05, 0) is 38.1 Å². The number of hydrogen-bond donors (Lipinski definition) is 0. The molecule has 0 amide bonds. The van der Waals surface area contributed by atoms with Crippen LogP contribution in [-0.4, -0.2) is 36.9 Å². The third kappa shape index (κ3) is 1.08. The summed E-state index contributed by atoms with van der Waals surface area (Å²) in [6, 6.07) is 0. The first kappa shape index (κ1) is 10.1. The second kappa shape index (κ2) is 2.61. The van der Waals surface area contributed by atoms with Gasteiger partial charge in [0.1, 0.15) is 7.85 Å². The highest BCUT2D eigenvalue weighted by atomic mass is 19.1. The van der Waals surface area contributed by atoms with Gasteiger partial charge in [0.05, 0.1) is 5.57 Å². The van der Waals surface area contributed by atoms with E-state index in [9.17, 15) is 4.39 Å². The van der Waals surface area contributed by atoms with Gasteiger partial charge in [0.25, 0.3) is 0 Å². The minimum Gasteiger partial charge on any atom is -0.297 e. The Morgan fingerprint density at radius 1 is 1.33 bits per heavy atom. The Bertz CT molecular complexity index is 304. The third-order valence-corrected chi connectivity index (χ3v) is 5.23. The van der Waals surface area contributed by atoms with Crippen LogP contribution in [0.1, 0.15) is 39.5 Å². The number of nitrogens with zero attached hydrogens (tertiary/aromatic N) is 1. The van der Waals surface area contributed by atoms with Crippen molar-refractivity contribution in [2.75, 3.05) is 13.1 Å². The first-order chi connectivity index (χ1) is 6.92. The normalized spacial score (nSPS) is 54.1. The van der Waals surface area contributed by atoms with Gasteiger partial charge < -0.3 is 0 Å². The summed E-state index contributed by atoms with van der Waals surface area (Å²) in [5, 5.41) is 0. The molecule has 3 atom stereocenters. The van der Waals surface area contributed by atoms with Crippen molar-refractivity contribution in [2.24, 2.45) is 11.3 Å². The Morgan fingerprint density at radius 3 is 2.47 bits per heavy atom. The zero-order valence-corrected chi connectivity index (χ0v) is 9.72. The molecule has 0 aromatic rings. The Kier molecular flexibility index (Phi) is 1.76. The van der Waals surface area contributed by atoms with E-state index in [1.807, 2.05) is 0 Å². The van der Waals surface area contributed by atoms with Gasteiger partial charge in [-0.3, -0.25) is 9.29 Å². The molecule has 1 spiro atoms. The maximum atomic E-state index is 13.9. The van der Waals surface area contributed by atoms with Crippen molar-refractivity contribution < 1.29 is 4.39 Å². The summed E-state index contributed by atoms with van der Waals surface area (Å²) in [7, 11) is 5.67. The molecule has 3 heteroatoms. The predicted molar refractivity (Wildman–Crippen MR) is 59.6 cm³/mol. The molecule has 2 aliphatic heterocycles. The fourth-order valence-corrected chi connectivity index (χ4v) is 4.10. The van der Waals surface area contributed by atoms with Crippen LogP contribution in [-0.2, 0) is 0 Å². The highest BCUT2D eigenvalue weighted by Crippen LogP contribution is 2.68. The minimum absolute atomic E-state index is 0.183. The Labute approximate surface area is 92.8 Å². The molecule has 15 heavy (non-hydrogen) atoms. The Hall–Kier alpha value is -0.0451. The molecule has 0 bridgehead atoms. The van der Waals surface area contributed by atoms with Crippen molar-refractivity contribution in [1.82, 2.24) is 4.90 Å². The molecule has 1 saturated carbocycles. The van der Waals surface area contributed by atoms with Gasteiger partial charge >= 0.3 is 0 Å². The third-order valence-electron chi connectivity index (χ3n) is 5.23. The lowest BCUT2D eigenvalue weighted by molar-refractivity contribution is 0.136.